The molecule has 0 saturated heterocycles. The fourth-order valence-electron chi connectivity index (χ4n) is 2.39. The highest BCUT2D eigenvalue weighted by Crippen LogP contribution is 2.29. The maximum atomic E-state index is 12.5. The van der Waals surface area contributed by atoms with E-state index in [2.05, 4.69) is 20.4 Å². The molecule has 0 atom stereocenters. The van der Waals surface area contributed by atoms with Crippen LogP contribution in [-0.2, 0) is 13.1 Å². The Morgan fingerprint density at radius 1 is 0.964 bits per heavy atom. The van der Waals surface area contributed by atoms with E-state index in [1.165, 1.54) is 13.2 Å². The van der Waals surface area contributed by atoms with Crippen molar-refractivity contribution in [3.8, 4) is 17.2 Å². The smallest absolute Gasteiger partial charge is 0.387 e. The second-order valence-corrected chi connectivity index (χ2v) is 5.49. The summed E-state index contributed by atoms with van der Waals surface area (Å²) in [6.45, 7) is -1.99. The largest absolute Gasteiger partial charge is 0.497 e. The predicted molar refractivity (Wildman–Crippen MR) is 115 cm³/mol. The van der Waals surface area contributed by atoms with Gasteiger partial charge in [0.15, 0.2) is 17.5 Å². The van der Waals surface area contributed by atoms with E-state index in [-0.39, 0.29) is 35.5 Å². The number of benzene rings is 2. The maximum Gasteiger partial charge on any atom is 0.387 e. The molecule has 154 valence electrons. The van der Waals surface area contributed by atoms with Gasteiger partial charge in [-0.15, -0.1) is 24.0 Å². The molecular formula is C19H24F2IN3O3. The zero-order valence-electron chi connectivity index (χ0n) is 15.9. The van der Waals surface area contributed by atoms with E-state index in [4.69, 9.17) is 9.47 Å². The molecule has 0 aliphatic heterocycles. The molecule has 0 fully saturated rings. The summed E-state index contributed by atoms with van der Waals surface area (Å²) in [5.41, 5.74) is 1.78. The predicted octanol–water partition coefficient (Wildman–Crippen LogP) is 3.79. The molecular weight excluding hydrogens is 483 g/mol. The van der Waals surface area contributed by atoms with E-state index in [0.717, 1.165) is 16.9 Å². The summed E-state index contributed by atoms with van der Waals surface area (Å²) in [4.78, 5) is 4.15. The van der Waals surface area contributed by atoms with Crippen LogP contribution in [-0.4, -0.2) is 33.8 Å². The van der Waals surface area contributed by atoms with Crippen LogP contribution in [0.5, 0.6) is 17.2 Å². The molecule has 2 N–H and O–H groups in total. The summed E-state index contributed by atoms with van der Waals surface area (Å²) in [5.74, 6) is 1.60. The molecule has 0 aliphatic carbocycles. The van der Waals surface area contributed by atoms with E-state index >= 15 is 0 Å². The first-order valence-corrected chi connectivity index (χ1v) is 8.25. The molecule has 9 heteroatoms. The highest BCUT2D eigenvalue weighted by atomic mass is 127. The van der Waals surface area contributed by atoms with Gasteiger partial charge in [0.05, 0.1) is 14.2 Å². The van der Waals surface area contributed by atoms with Gasteiger partial charge in [0, 0.05) is 20.1 Å². The van der Waals surface area contributed by atoms with Crippen LogP contribution in [0.4, 0.5) is 8.78 Å². The first kappa shape index (κ1) is 23.7. The monoisotopic (exact) mass is 507 g/mol. The number of hydrogen-bond acceptors (Lipinski definition) is 4. The number of hydrogen-bond donors (Lipinski definition) is 2. The lowest BCUT2D eigenvalue weighted by Crippen LogP contribution is -2.36. The number of halogens is 3. The van der Waals surface area contributed by atoms with Gasteiger partial charge in [0.2, 0.25) is 0 Å². The normalized spacial score (nSPS) is 10.9. The Kier molecular flexibility index (Phi) is 10.4. The standard InChI is InChI=1S/C19H23F2N3O3.HI/c1-22-19(23-11-13-5-4-6-15(9-13)25-2)24-12-14-7-8-16(26-3)17(10-14)27-18(20)21;/h4-10,18H,11-12H2,1-3H3,(H2,22,23,24);1H. The van der Waals surface area contributed by atoms with Gasteiger partial charge in [-0.3, -0.25) is 4.99 Å². The molecule has 0 spiro atoms. The van der Waals surface area contributed by atoms with Gasteiger partial charge in [-0.05, 0) is 35.4 Å². The summed E-state index contributed by atoms with van der Waals surface area (Å²) in [5, 5.41) is 6.31. The molecule has 0 radical (unpaired) electrons. The van der Waals surface area contributed by atoms with Crippen molar-refractivity contribution < 1.29 is 23.0 Å². The van der Waals surface area contributed by atoms with Crippen molar-refractivity contribution in [2.75, 3.05) is 21.3 Å². The number of methoxy groups -OCH3 is 2. The number of guanidine groups is 1. The molecule has 0 amide bonds. The second-order valence-electron chi connectivity index (χ2n) is 5.49. The number of alkyl halides is 2. The van der Waals surface area contributed by atoms with Gasteiger partial charge in [-0.25, -0.2) is 0 Å². The first-order valence-electron chi connectivity index (χ1n) is 8.25. The first-order chi connectivity index (χ1) is 13.0. The quantitative estimate of drug-likeness (QED) is 0.324. The van der Waals surface area contributed by atoms with Crippen LogP contribution >= 0.6 is 24.0 Å². The summed E-state index contributed by atoms with van der Waals surface area (Å²) < 4.78 is 39.8. The SMILES string of the molecule is CN=C(NCc1cccc(OC)c1)NCc1ccc(OC)c(OC(F)F)c1.I. The molecule has 2 aromatic rings. The van der Waals surface area contributed by atoms with Crippen LogP contribution in [0.3, 0.4) is 0 Å². The Bertz CT molecular complexity index is 776. The van der Waals surface area contributed by atoms with Crippen molar-refractivity contribution in [1.29, 1.82) is 0 Å². The number of ether oxygens (including phenoxy) is 3. The molecule has 0 unspecified atom stereocenters. The highest BCUT2D eigenvalue weighted by molar-refractivity contribution is 14.0. The minimum atomic E-state index is -2.92. The molecule has 2 rings (SSSR count). The van der Waals surface area contributed by atoms with Crippen molar-refractivity contribution in [2.24, 2.45) is 4.99 Å². The Balaban J connectivity index is 0.00000392. The van der Waals surface area contributed by atoms with Crippen molar-refractivity contribution in [3.63, 3.8) is 0 Å². The van der Waals surface area contributed by atoms with Gasteiger partial charge in [-0.1, -0.05) is 18.2 Å². The molecule has 0 heterocycles. The lowest BCUT2D eigenvalue weighted by atomic mass is 10.2. The number of rotatable bonds is 8. The van der Waals surface area contributed by atoms with Crippen molar-refractivity contribution in [3.05, 3.63) is 53.6 Å². The van der Waals surface area contributed by atoms with Crippen LogP contribution in [0, 0.1) is 0 Å². The van der Waals surface area contributed by atoms with E-state index in [1.807, 2.05) is 24.3 Å². The zero-order chi connectivity index (χ0) is 19.6. The van der Waals surface area contributed by atoms with Gasteiger partial charge < -0.3 is 24.8 Å². The van der Waals surface area contributed by atoms with Gasteiger partial charge >= 0.3 is 6.61 Å². The molecule has 2 aromatic carbocycles. The third-order valence-electron chi connectivity index (χ3n) is 3.72. The average Bonchev–Trinajstić information content (AvgIpc) is 2.68. The molecule has 0 bridgehead atoms. The summed E-state index contributed by atoms with van der Waals surface area (Å²) in [6, 6.07) is 12.5. The van der Waals surface area contributed by atoms with E-state index in [1.54, 1.807) is 26.3 Å². The summed E-state index contributed by atoms with van der Waals surface area (Å²) in [7, 11) is 4.67. The van der Waals surface area contributed by atoms with Crippen molar-refractivity contribution in [2.45, 2.75) is 19.7 Å². The number of aliphatic imine (C=N–C) groups is 1. The van der Waals surface area contributed by atoms with Crippen LogP contribution in [0.15, 0.2) is 47.5 Å². The Hall–Kier alpha value is -2.30. The van der Waals surface area contributed by atoms with Gasteiger partial charge in [0.1, 0.15) is 5.75 Å². The fraction of sp³-hybridized carbons (Fsp3) is 0.316. The van der Waals surface area contributed by atoms with Crippen LogP contribution in [0.2, 0.25) is 0 Å². The Morgan fingerprint density at radius 2 is 1.64 bits per heavy atom. The van der Waals surface area contributed by atoms with Crippen LogP contribution in [0.25, 0.3) is 0 Å². The van der Waals surface area contributed by atoms with Gasteiger partial charge in [-0.2, -0.15) is 8.78 Å². The highest BCUT2D eigenvalue weighted by Gasteiger charge is 2.11. The summed E-state index contributed by atoms with van der Waals surface area (Å²) in [6.07, 6.45) is 0. The number of nitrogens with one attached hydrogen (secondary N) is 2. The van der Waals surface area contributed by atoms with Crippen LogP contribution < -0.4 is 24.8 Å². The summed E-state index contributed by atoms with van der Waals surface area (Å²) >= 11 is 0. The van der Waals surface area contributed by atoms with E-state index in [0.29, 0.717) is 19.0 Å². The van der Waals surface area contributed by atoms with Crippen LogP contribution in [0.1, 0.15) is 11.1 Å². The molecule has 6 nitrogen and oxygen atoms in total. The molecule has 28 heavy (non-hydrogen) atoms. The van der Waals surface area contributed by atoms with Gasteiger partial charge in [0.25, 0.3) is 0 Å². The second kappa shape index (κ2) is 12.2. The van der Waals surface area contributed by atoms with Crippen molar-refractivity contribution in [1.82, 2.24) is 10.6 Å². The molecule has 0 saturated carbocycles. The average molecular weight is 507 g/mol. The number of nitrogens with zero attached hydrogens (tertiary/aromatic N) is 1. The lowest BCUT2D eigenvalue weighted by Gasteiger charge is -2.14. The Labute approximate surface area is 180 Å². The zero-order valence-corrected chi connectivity index (χ0v) is 18.2. The minimum absolute atomic E-state index is 0. The topological polar surface area (TPSA) is 64.1 Å². The van der Waals surface area contributed by atoms with E-state index < -0.39 is 6.61 Å². The minimum Gasteiger partial charge on any atom is -0.497 e. The third kappa shape index (κ3) is 7.37. The Morgan fingerprint density at radius 3 is 2.21 bits per heavy atom. The maximum absolute atomic E-state index is 12.5. The molecule has 0 aromatic heterocycles. The fourth-order valence-corrected chi connectivity index (χ4v) is 2.39. The molecule has 0 aliphatic rings. The van der Waals surface area contributed by atoms with E-state index in [9.17, 15) is 8.78 Å². The van der Waals surface area contributed by atoms with Crippen molar-refractivity contribution >= 4 is 29.9 Å². The lowest BCUT2D eigenvalue weighted by molar-refractivity contribution is -0.0512. The third-order valence-corrected chi connectivity index (χ3v) is 3.72.